The van der Waals surface area contributed by atoms with Gasteiger partial charge in [-0.05, 0) is 44.9 Å². The maximum atomic E-state index is 12.9. The molecule has 0 bridgehead atoms. The summed E-state index contributed by atoms with van der Waals surface area (Å²) in [7, 11) is 0. The van der Waals surface area contributed by atoms with E-state index in [1.165, 1.54) is 5.56 Å². The Balaban J connectivity index is 1.83. The SMILES string of the molecule is Cc1cc(C(=O)NC(C)c2ccccc2)nc(N(Cc2ccccc2)C(C)C)n1. The molecule has 0 fully saturated rings. The Hall–Kier alpha value is -3.21. The Kier molecular flexibility index (Phi) is 6.60. The highest BCUT2D eigenvalue weighted by atomic mass is 16.1. The van der Waals surface area contributed by atoms with Crippen LogP contribution in [0.4, 0.5) is 5.95 Å². The lowest BCUT2D eigenvalue weighted by Crippen LogP contribution is -2.33. The number of benzene rings is 2. The third kappa shape index (κ3) is 5.41. The summed E-state index contributed by atoms with van der Waals surface area (Å²) in [6, 6.07) is 21.9. The van der Waals surface area contributed by atoms with Crippen molar-refractivity contribution >= 4 is 11.9 Å². The molecule has 1 unspecified atom stereocenters. The monoisotopic (exact) mass is 388 g/mol. The van der Waals surface area contributed by atoms with E-state index >= 15 is 0 Å². The van der Waals surface area contributed by atoms with Crippen molar-refractivity contribution in [1.82, 2.24) is 15.3 Å². The lowest BCUT2D eigenvalue weighted by Gasteiger charge is -2.27. The Morgan fingerprint density at radius 1 is 0.966 bits per heavy atom. The molecule has 0 aliphatic rings. The molecular weight excluding hydrogens is 360 g/mol. The molecule has 5 nitrogen and oxygen atoms in total. The summed E-state index contributed by atoms with van der Waals surface area (Å²) >= 11 is 0. The smallest absolute Gasteiger partial charge is 0.270 e. The number of amides is 1. The Morgan fingerprint density at radius 3 is 2.21 bits per heavy atom. The van der Waals surface area contributed by atoms with E-state index in [-0.39, 0.29) is 18.0 Å². The van der Waals surface area contributed by atoms with Gasteiger partial charge in [-0.25, -0.2) is 9.97 Å². The van der Waals surface area contributed by atoms with Gasteiger partial charge in [-0.15, -0.1) is 0 Å². The van der Waals surface area contributed by atoms with Gasteiger partial charge < -0.3 is 10.2 Å². The second kappa shape index (κ2) is 9.32. The van der Waals surface area contributed by atoms with Crippen molar-refractivity contribution in [3.8, 4) is 0 Å². The number of hydrogen-bond donors (Lipinski definition) is 1. The van der Waals surface area contributed by atoms with Crippen molar-refractivity contribution in [2.75, 3.05) is 4.90 Å². The molecule has 3 rings (SSSR count). The van der Waals surface area contributed by atoms with E-state index in [1.807, 2.05) is 62.4 Å². The number of anilines is 1. The molecule has 0 radical (unpaired) electrons. The zero-order chi connectivity index (χ0) is 20.8. The molecule has 1 atom stereocenters. The summed E-state index contributed by atoms with van der Waals surface area (Å²) in [5, 5.41) is 3.04. The number of carbonyl (C=O) groups is 1. The minimum Gasteiger partial charge on any atom is -0.344 e. The van der Waals surface area contributed by atoms with Crippen molar-refractivity contribution < 1.29 is 4.79 Å². The number of rotatable bonds is 7. The predicted molar refractivity (Wildman–Crippen MR) is 117 cm³/mol. The number of carbonyl (C=O) groups excluding carboxylic acids is 1. The van der Waals surface area contributed by atoms with Crippen LogP contribution >= 0.6 is 0 Å². The molecule has 150 valence electrons. The van der Waals surface area contributed by atoms with E-state index in [1.54, 1.807) is 6.07 Å². The van der Waals surface area contributed by atoms with Crippen LogP contribution in [0.1, 0.15) is 54.1 Å². The third-order valence-electron chi connectivity index (χ3n) is 4.80. The van der Waals surface area contributed by atoms with Gasteiger partial charge in [0.15, 0.2) is 0 Å². The van der Waals surface area contributed by atoms with E-state index in [0.717, 1.165) is 11.3 Å². The predicted octanol–water partition coefficient (Wildman–Crippen LogP) is 4.69. The van der Waals surface area contributed by atoms with Crippen molar-refractivity contribution in [2.24, 2.45) is 0 Å². The van der Waals surface area contributed by atoms with Gasteiger partial charge in [-0.1, -0.05) is 60.7 Å². The Labute approximate surface area is 172 Å². The van der Waals surface area contributed by atoms with E-state index in [4.69, 9.17) is 0 Å². The number of nitrogens with zero attached hydrogens (tertiary/aromatic N) is 3. The molecule has 5 heteroatoms. The van der Waals surface area contributed by atoms with Gasteiger partial charge in [0.1, 0.15) is 5.69 Å². The Morgan fingerprint density at radius 2 is 1.59 bits per heavy atom. The maximum absolute atomic E-state index is 12.9. The molecule has 1 amide bonds. The lowest BCUT2D eigenvalue weighted by atomic mass is 10.1. The van der Waals surface area contributed by atoms with Gasteiger partial charge in [0.25, 0.3) is 5.91 Å². The van der Waals surface area contributed by atoms with Crippen LogP contribution in [0, 0.1) is 6.92 Å². The minimum atomic E-state index is -0.198. The minimum absolute atomic E-state index is 0.104. The molecule has 1 heterocycles. The Bertz CT molecular complexity index is 942. The summed E-state index contributed by atoms with van der Waals surface area (Å²) < 4.78 is 0. The zero-order valence-corrected chi connectivity index (χ0v) is 17.5. The highest BCUT2D eigenvalue weighted by Gasteiger charge is 2.19. The van der Waals surface area contributed by atoms with Gasteiger partial charge in [-0.2, -0.15) is 0 Å². The molecule has 29 heavy (non-hydrogen) atoms. The van der Waals surface area contributed by atoms with Crippen molar-refractivity contribution in [2.45, 2.75) is 46.3 Å². The van der Waals surface area contributed by atoms with E-state index < -0.39 is 0 Å². The molecule has 0 spiro atoms. The first-order valence-corrected chi connectivity index (χ1v) is 9.96. The molecule has 0 saturated heterocycles. The third-order valence-corrected chi connectivity index (χ3v) is 4.80. The lowest BCUT2D eigenvalue weighted by molar-refractivity contribution is 0.0934. The molecule has 0 aliphatic heterocycles. The fourth-order valence-electron chi connectivity index (χ4n) is 3.16. The summed E-state index contributed by atoms with van der Waals surface area (Å²) in [4.78, 5) is 24.2. The van der Waals surface area contributed by atoms with Crippen LogP contribution in [0.15, 0.2) is 66.7 Å². The van der Waals surface area contributed by atoms with Crippen molar-refractivity contribution in [3.05, 3.63) is 89.2 Å². The normalized spacial score (nSPS) is 11.9. The van der Waals surface area contributed by atoms with Crippen molar-refractivity contribution in [3.63, 3.8) is 0 Å². The van der Waals surface area contributed by atoms with Gasteiger partial charge in [0.05, 0.1) is 6.04 Å². The molecule has 0 saturated carbocycles. The first kappa shape index (κ1) is 20.5. The molecule has 1 aromatic heterocycles. The van der Waals surface area contributed by atoms with Crippen LogP contribution in [0.2, 0.25) is 0 Å². The first-order chi connectivity index (χ1) is 13.9. The number of aromatic nitrogens is 2. The van der Waals surface area contributed by atoms with Gasteiger partial charge in [-0.3, -0.25) is 4.79 Å². The highest BCUT2D eigenvalue weighted by Crippen LogP contribution is 2.18. The van der Waals surface area contributed by atoms with Crippen LogP contribution in [0.5, 0.6) is 0 Å². The molecule has 2 aromatic carbocycles. The van der Waals surface area contributed by atoms with E-state index in [9.17, 15) is 4.79 Å². The van der Waals surface area contributed by atoms with Crippen LogP contribution in [0.25, 0.3) is 0 Å². The average molecular weight is 389 g/mol. The van der Waals surface area contributed by atoms with Crippen LogP contribution in [-0.2, 0) is 6.54 Å². The van der Waals surface area contributed by atoms with E-state index in [0.29, 0.717) is 18.2 Å². The maximum Gasteiger partial charge on any atom is 0.270 e. The van der Waals surface area contributed by atoms with Gasteiger partial charge in [0.2, 0.25) is 5.95 Å². The summed E-state index contributed by atoms with van der Waals surface area (Å²) in [6.07, 6.45) is 0. The van der Waals surface area contributed by atoms with Gasteiger partial charge >= 0.3 is 0 Å². The highest BCUT2D eigenvalue weighted by molar-refractivity contribution is 5.92. The standard InChI is InChI=1S/C24H28N4O/c1-17(2)28(16-20-11-7-5-8-12-20)24-25-18(3)15-22(27-24)23(29)26-19(4)21-13-9-6-10-14-21/h5-15,17,19H,16H2,1-4H3,(H,26,29). The number of aryl methyl sites for hydroxylation is 1. The second-order valence-electron chi connectivity index (χ2n) is 7.51. The summed E-state index contributed by atoms with van der Waals surface area (Å²) in [5.74, 6) is 0.373. The fraction of sp³-hybridized carbons (Fsp3) is 0.292. The largest absolute Gasteiger partial charge is 0.344 e. The average Bonchev–Trinajstić information content (AvgIpc) is 2.72. The molecule has 1 N–H and O–H groups in total. The van der Waals surface area contributed by atoms with Crippen molar-refractivity contribution in [1.29, 1.82) is 0 Å². The molecular formula is C24H28N4O. The first-order valence-electron chi connectivity index (χ1n) is 9.96. The van der Waals surface area contributed by atoms with Crippen LogP contribution in [0.3, 0.4) is 0 Å². The summed E-state index contributed by atoms with van der Waals surface area (Å²) in [5.41, 5.74) is 3.38. The van der Waals surface area contributed by atoms with Crippen LogP contribution in [-0.4, -0.2) is 21.9 Å². The fourth-order valence-corrected chi connectivity index (χ4v) is 3.16. The zero-order valence-electron chi connectivity index (χ0n) is 17.5. The second-order valence-corrected chi connectivity index (χ2v) is 7.51. The number of nitrogens with one attached hydrogen (secondary N) is 1. The molecule has 3 aromatic rings. The van der Waals surface area contributed by atoms with E-state index in [2.05, 4.69) is 46.2 Å². The quantitative estimate of drug-likeness (QED) is 0.638. The van der Waals surface area contributed by atoms with Crippen LogP contribution < -0.4 is 10.2 Å². The summed E-state index contributed by atoms with van der Waals surface area (Å²) in [6.45, 7) is 8.75. The topological polar surface area (TPSA) is 58.1 Å². The molecule has 0 aliphatic carbocycles. The number of hydrogen-bond acceptors (Lipinski definition) is 4. The van der Waals surface area contributed by atoms with Gasteiger partial charge in [0, 0.05) is 18.3 Å².